The standard InChI is InChI=1S/C21H16N2O3S/c1-14-10-12-15(13-11-14)27(25,26)23-22-20-16-6-2-4-8-18(16)21(24)19-9-5-3-7-17(19)20/h2-13,24H,1H3. The smallest absolute Gasteiger partial charge is 0.299 e. The van der Waals surface area contributed by atoms with Crippen molar-refractivity contribution >= 4 is 37.3 Å². The number of aromatic hydroxyl groups is 1. The van der Waals surface area contributed by atoms with Crippen LogP contribution in [0.3, 0.4) is 0 Å². The molecule has 0 bridgehead atoms. The number of hydrogen-bond donors (Lipinski definition) is 1. The number of benzene rings is 4. The molecule has 6 heteroatoms. The number of nitrogens with zero attached hydrogens (tertiary/aromatic N) is 2. The quantitative estimate of drug-likeness (QED) is 0.380. The number of sulfonamides is 1. The molecule has 0 aliphatic rings. The van der Waals surface area contributed by atoms with Gasteiger partial charge in [-0.3, -0.25) is 0 Å². The predicted molar refractivity (Wildman–Crippen MR) is 106 cm³/mol. The van der Waals surface area contributed by atoms with E-state index in [2.05, 4.69) is 9.63 Å². The molecule has 0 spiro atoms. The molecule has 0 aliphatic carbocycles. The third-order valence-electron chi connectivity index (χ3n) is 4.44. The molecule has 0 fully saturated rings. The normalized spacial score (nSPS) is 12.2. The first-order valence-corrected chi connectivity index (χ1v) is 9.78. The molecule has 0 radical (unpaired) electrons. The van der Waals surface area contributed by atoms with Gasteiger partial charge in [0.15, 0.2) is 0 Å². The molecular weight excluding hydrogens is 360 g/mol. The second kappa shape index (κ2) is 6.48. The minimum atomic E-state index is -3.93. The summed E-state index contributed by atoms with van der Waals surface area (Å²) in [4.78, 5) is 0.0873. The monoisotopic (exact) mass is 376 g/mol. The SMILES string of the molecule is Cc1ccc(S(=O)(=O)N=Nc2c3ccccc3c(O)c3ccccc23)cc1. The van der Waals surface area contributed by atoms with Gasteiger partial charge in [0.25, 0.3) is 10.0 Å². The first kappa shape index (κ1) is 17.2. The minimum absolute atomic E-state index is 0.0873. The largest absolute Gasteiger partial charge is 0.507 e. The van der Waals surface area contributed by atoms with E-state index in [0.29, 0.717) is 27.2 Å². The number of fused-ring (bicyclic) bond motifs is 2. The van der Waals surface area contributed by atoms with Gasteiger partial charge in [-0.2, -0.15) is 8.42 Å². The molecule has 0 aliphatic heterocycles. The van der Waals surface area contributed by atoms with E-state index >= 15 is 0 Å². The molecule has 0 heterocycles. The Kier molecular flexibility index (Phi) is 4.12. The van der Waals surface area contributed by atoms with Crippen LogP contribution in [0.25, 0.3) is 21.5 Å². The van der Waals surface area contributed by atoms with Crippen LogP contribution in [0.5, 0.6) is 5.75 Å². The third kappa shape index (κ3) is 3.04. The second-order valence-electron chi connectivity index (χ2n) is 6.26. The van der Waals surface area contributed by atoms with Crippen molar-refractivity contribution < 1.29 is 13.5 Å². The zero-order chi connectivity index (χ0) is 19.0. The molecule has 4 aromatic carbocycles. The lowest BCUT2D eigenvalue weighted by Crippen LogP contribution is -1.95. The van der Waals surface area contributed by atoms with E-state index in [9.17, 15) is 13.5 Å². The van der Waals surface area contributed by atoms with Gasteiger partial charge in [-0.05, 0) is 19.1 Å². The molecule has 0 atom stereocenters. The van der Waals surface area contributed by atoms with Crippen LogP contribution in [0.4, 0.5) is 5.69 Å². The second-order valence-corrected chi connectivity index (χ2v) is 7.84. The summed E-state index contributed by atoms with van der Waals surface area (Å²) in [7, 11) is -3.93. The number of phenols is 1. The van der Waals surface area contributed by atoms with Gasteiger partial charge in [-0.25, -0.2) is 0 Å². The molecule has 4 aromatic rings. The van der Waals surface area contributed by atoms with Crippen LogP contribution in [0.15, 0.2) is 87.3 Å². The molecule has 134 valence electrons. The Morgan fingerprint density at radius 1 is 0.741 bits per heavy atom. The highest BCUT2D eigenvalue weighted by molar-refractivity contribution is 7.90. The Labute approximate surface area is 156 Å². The summed E-state index contributed by atoms with van der Waals surface area (Å²) < 4.78 is 28.8. The number of aryl methyl sites for hydroxylation is 1. The predicted octanol–water partition coefficient (Wildman–Crippen LogP) is 5.48. The van der Waals surface area contributed by atoms with Crippen molar-refractivity contribution in [1.29, 1.82) is 0 Å². The van der Waals surface area contributed by atoms with Crippen LogP contribution in [0, 0.1) is 6.92 Å². The summed E-state index contributed by atoms with van der Waals surface area (Å²) in [6.45, 7) is 1.88. The van der Waals surface area contributed by atoms with E-state index in [1.807, 2.05) is 19.1 Å². The fraction of sp³-hybridized carbons (Fsp3) is 0.0476. The molecule has 5 nitrogen and oxygen atoms in total. The van der Waals surface area contributed by atoms with Gasteiger partial charge in [0.05, 0.1) is 4.90 Å². The van der Waals surface area contributed by atoms with E-state index in [1.54, 1.807) is 48.5 Å². The van der Waals surface area contributed by atoms with Crippen LogP contribution in [0.1, 0.15) is 5.56 Å². The van der Waals surface area contributed by atoms with Crippen LogP contribution in [-0.2, 0) is 10.0 Å². The van der Waals surface area contributed by atoms with Crippen molar-refractivity contribution in [2.75, 3.05) is 0 Å². The Morgan fingerprint density at radius 3 is 1.74 bits per heavy atom. The van der Waals surface area contributed by atoms with E-state index in [4.69, 9.17) is 0 Å². The number of hydrogen-bond acceptors (Lipinski definition) is 4. The lowest BCUT2D eigenvalue weighted by Gasteiger charge is -2.09. The first-order chi connectivity index (χ1) is 13.0. The molecule has 4 rings (SSSR count). The Bertz CT molecular complexity index is 1240. The zero-order valence-corrected chi connectivity index (χ0v) is 15.3. The summed E-state index contributed by atoms with van der Waals surface area (Å²) in [5.74, 6) is 0.140. The van der Waals surface area contributed by atoms with E-state index in [0.717, 1.165) is 5.56 Å². The highest BCUT2D eigenvalue weighted by atomic mass is 32.2. The van der Waals surface area contributed by atoms with Crippen LogP contribution in [-0.4, -0.2) is 13.5 Å². The van der Waals surface area contributed by atoms with Gasteiger partial charge in [-0.1, -0.05) is 70.7 Å². The topological polar surface area (TPSA) is 79.1 Å². The molecule has 0 aromatic heterocycles. The van der Waals surface area contributed by atoms with Crippen molar-refractivity contribution in [1.82, 2.24) is 0 Å². The summed E-state index contributed by atoms with van der Waals surface area (Å²) in [5.41, 5.74) is 1.37. The van der Waals surface area contributed by atoms with Gasteiger partial charge in [0.2, 0.25) is 0 Å². The van der Waals surface area contributed by atoms with Gasteiger partial charge in [0, 0.05) is 21.5 Å². The van der Waals surface area contributed by atoms with Crippen LogP contribution in [0.2, 0.25) is 0 Å². The van der Waals surface area contributed by atoms with Gasteiger partial charge in [-0.15, -0.1) is 5.11 Å². The highest BCUT2D eigenvalue weighted by Gasteiger charge is 2.16. The Balaban J connectivity index is 1.94. The van der Waals surface area contributed by atoms with E-state index < -0.39 is 10.0 Å². The van der Waals surface area contributed by atoms with Crippen molar-refractivity contribution in [2.45, 2.75) is 11.8 Å². The average Bonchev–Trinajstić information content (AvgIpc) is 2.68. The lowest BCUT2D eigenvalue weighted by molar-refractivity contribution is 0.488. The fourth-order valence-electron chi connectivity index (χ4n) is 3.04. The zero-order valence-electron chi connectivity index (χ0n) is 14.5. The third-order valence-corrected chi connectivity index (χ3v) is 5.61. The maximum atomic E-state index is 12.5. The number of rotatable bonds is 3. The van der Waals surface area contributed by atoms with Gasteiger partial charge >= 0.3 is 0 Å². The molecule has 0 saturated heterocycles. The van der Waals surface area contributed by atoms with Crippen molar-refractivity contribution in [3.63, 3.8) is 0 Å². The summed E-state index contributed by atoms with van der Waals surface area (Å²) in [5, 5.41) is 17.1. The van der Waals surface area contributed by atoms with E-state index in [-0.39, 0.29) is 10.6 Å². The Morgan fingerprint density at radius 2 is 1.22 bits per heavy atom. The molecule has 1 N–H and O–H groups in total. The van der Waals surface area contributed by atoms with Crippen molar-refractivity contribution in [3.05, 3.63) is 78.4 Å². The number of phenolic OH excluding ortho intramolecular Hbond substituents is 1. The molecule has 27 heavy (non-hydrogen) atoms. The van der Waals surface area contributed by atoms with E-state index in [1.165, 1.54) is 12.1 Å². The molecule has 0 saturated carbocycles. The minimum Gasteiger partial charge on any atom is -0.507 e. The summed E-state index contributed by atoms with van der Waals surface area (Å²) in [6, 6.07) is 20.8. The maximum Gasteiger partial charge on any atom is 0.299 e. The van der Waals surface area contributed by atoms with Crippen molar-refractivity contribution in [3.8, 4) is 5.75 Å². The Hall–Kier alpha value is -3.25. The maximum absolute atomic E-state index is 12.5. The van der Waals surface area contributed by atoms with Gasteiger partial charge < -0.3 is 5.11 Å². The lowest BCUT2D eigenvalue weighted by atomic mass is 10.00. The van der Waals surface area contributed by atoms with Gasteiger partial charge in [0.1, 0.15) is 11.4 Å². The fourth-order valence-corrected chi connectivity index (χ4v) is 3.81. The summed E-state index contributed by atoms with van der Waals surface area (Å²) >= 11 is 0. The first-order valence-electron chi connectivity index (χ1n) is 8.34. The molecule has 0 unspecified atom stereocenters. The molecule has 0 amide bonds. The summed E-state index contributed by atoms with van der Waals surface area (Å²) in [6.07, 6.45) is 0. The molecular formula is C21H16N2O3S. The highest BCUT2D eigenvalue weighted by Crippen LogP contribution is 2.42. The average molecular weight is 376 g/mol. The van der Waals surface area contributed by atoms with Crippen molar-refractivity contribution in [2.24, 2.45) is 9.63 Å². The van der Waals surface area contributed by atoms with Crippen LogP contribution >= 0.6 is 0 Å². The van der Waals surface area contributed by atoms with Crippen LogP contribution < -0.4 is 0 Å².